The second-order valence-electron chi connectivity index (χ2n) is 17.3. The van der Waals surface area contributed by atoms with E-state index in [1.165, 1.54) is 55.5 Å². The fraction of sp³-hybridized carbons (Fsp3) is 0.500. The van der Waals surface area contributed by atoms with E-state index in [1.807, 2.05) is 37.5 Å². The molecule has 0 bridgehead atoms. The van der Waals surface area contributed by atoms with Crippen LogP contribution in [0.15, 0.2) is 60.9 Å². The van der Waals surface area contributed by atoms with Crippen LogP contribution in [0.2, 0.25) is 0 Å². The molecule has 26 nitrogen and oxygen atoms in total. The summed E-state index contributed by atoms with van der Waals surface area (Å²) in [6.45, 7) is 23.9. The molecule has 0 amide bonds. The van der Waals surface area contributed by atoms with Gasteiger partial charge in [0.15, 0.2) is 0 Å². The lowest BCUT2D eigenvalue weighted by molar-refractivity contribution is -0.385. The number of nitro groups is 4. The summed E-state index contributed by atoms with van der Waals surface area (Å²) in [5, 5.41) is 50.7. The SMILES string of the molecule is CCN(CC)c1ncc([N+](=O)[O-])c(N[C@@H](Cc2ccc([N+](=O)[O-])cc2)C(=O)OC(C)(C)C)n1.CCN(CC)c1ncc([N+](=O)[O-])c(N[C@@H](Cc2ccc([N+](=O)[O-])cc2)C(=O)OC(C)(C)C)n1.CCOC(C)=O. The normalized spacial score (nSPS) is 11.7. The number of hydrogen-bond acceptors (Lipinski definition) is 22. The summed E-state index contributed by atoms with van der Waals surface area (Å²) in [6, 6.07) is 9.31. The summed E-state index contributed by atoms with van der Waals surface area (Å²) in [6.07, 6.45) is 2.32. The smallest absolute Gasteiger partial charge is 0.329 e. The Kier molecular flexibility index (Phi) is 23.2. The number of esters is 3. The fourth-order valence-corrected chi connectivity index (χ4v) is 6.17. The number of anilines is 4. The maximum Gasteiger partial charge on any atom is 0.329 e. The van der Waals surface area contributed by atoms with Crippen molar-refractivity contribution in [1.82, 2.24) is 19.9 Å². The van der Waals surface area contributed by atoms with Crippen molar-refractivity contribution < 1.29 is 48.3 Å². The molecule has 392 valence electrons. The van der Waals surface area contributed by atoms with E-state index in [2.05, 4.69) is 35.3 Å². The number of nitrogens with zero attached hydrogens (tertiary/aromatic N) is 10. The van der Waals surface area contributed by atoms with Gasteiger partial charge in [-0.05, 0) is 87.3 Å². The molecule has 0 unspecified atom stereocenters. The Morgan fingerprint density at radius 1 is 0.569 bits per heavy atom. The number of ether oxygens (including phenoxy) is 3. The molecule has 4 rings (SSSR count). The van der Waals surface area contributed by atoms with Crippen LogP contribution < -0.4 is 20.4 Å². The van der Waals surface area contributed by atoms with E-state index < -0.39 is 54.9 Å². The maximum absolute atomic E-state index is 12.9. The summed E-state index contributed by atoms with van der Waals surface area (Å²) in [4.78, 5) is 98.7. The molecule has 2 aromatic carbocycles. The Balaban J connectivity index is 0.000000443. The largest absolute Gasteiger partial charge is 0.466 e. The number of nitro benzene ring substituents is 2. The highest BCUT2D eigenvalue weighted by atomic mass is 16.6. The second kappa shape index (κ2) is 27.9. The highest BCUT2D eigenvalue weighted by Gasteiger charge is 2.31. The molecule has 2 atom stereocenters. The fourth-order valence-electron chi connectivity index (χ4n) is 6.17. The van der Waals surface area contributed by atoms with Gasteiger partial charge in [-0.2, -0.15) is 9.97 Å². The third kappa shape index (κ3) is 20.0. The van der Waals surface area contributed by atoms with Crippen LogP contribution in [-0.2, 0) is 41.4 Å². The van der Waals surface area contributed by atoms with E-state index in [-0.39, 0.29) is 65.1 Å². The number of rotatable bonds is 21. The van der Waals surface area contributed by atoms with Crippen LogP contribution in [0.4, 0.5) is 46.3 Å². The highest BCUT2D eigenvalue weighted by molar-refractivity contribution is 5.81. The molecule has 0 radical (unpaired) electrons. The molecule has 2 heterocycles. The second-order valence-corrected chi connectivity index (χ2v) is 17.3. The Bertz CT molecular complexity index is 2310. The minimum absolute atomic E-state index is 0.0642. The predicted octanol–water partition coefficient (Wildman–Crippen LogP) is 7.58. The molecule has 0 saturated heterocycles. The lowest BCUT2D eigenvalue weighted by atomic mass is 10.0. The monoisotopic (exact) mass is 1010 g/mol. The van der Waals surface area contributed by atoms with Gasteiger partial charge in [-0.15, -0.1) is 0 Å². The van der Waals surface area contributed by atoms with Gasteiger partial charge >= 0.3 is 29.3 Å². The summed E-state index contributed by atoms with van der Waals surface area (Å²) >= 11 is 0. The van der Waals surface area contributed by atoms with Gasteiger partial charge in [0, 0.05) is 70.2 Å². The summed E-state index contributed by atoms with van der Waals surface area (Å²) in [7, 11) is 0. The zero-order chi connectivity index (χ0) is 54.5. The van der Waals surface area contributed by atoms with Crippen molar-refractivity contribution in [2.45, 2.75) is 119 Å². The van der Waals surface area contributed by atoms with Crippen LogP contribution >= 0.6 is 0 Å². The Morgan fingerprint density at radius 2 is 0.889 bits per heavy atom. The number of carbonyl (C=O) groups is 3. The summed E-state index contributed by atoms with van der Waals surface area (Å²) < 4.78 is 15.4. The van der Waals surface area contributed by atoms with Gasteiger partial charge in [0.2, 0.25) is 23.5 Å². The van der Waals surface area contributed by atoms with Crippen LogP contribution in [0, 0.1) is 40.5 Å². The zero-order valence-electron chi connectivity index (χ0n) is 42.6. The molecule has 72 heavy (non-hydrogen) atoms. The third-order valence-corrected chi connectivity index (χ3v) is 9.53. The standard InChI is InChI=1S/2C21H28N6O6.C4H8O2/c2*1-6-25(7-2)20-22-13-17(27(31)32)18(24-20)23-16(19(28)33-21(3,4)5)12-14-8-10-15(11-9-14)26(29)30;1-3-6-4(2)5/h2*8-11,13,16H,6-7,12H2,1-5H3,(H,22,23,24);3H2,1-2H3/t2*16-;/m00./s1. The molecule has 0 aliphatic rings. The number of nitrogens with one attached hydrogen (secondary N) is 2. The van der Waals surface area contributed by atoms with Crippen molar-refractivity contribution in [3.05, 3.63) is 113 Å². The van der Waals surface area contributed by atoms with E-state index in [9.17, 15) is 54.8 Å². The first-order chi connectivity index (χ1) is 33.7. The summed E-state index contributed by atoms with van der Waals surface area (Å²) in [5.74, 6) is -1.16. The first kappa shape index (κ1) is 59.9. The minimum Gasteiger partial charge on any atom is -0.466 e. The number of benzene rings is 2. The van der Waals surface area contributed by atoms with Gasteiger partial charge in [-0.3, -0.25) is 45.3 Å². The third-order valence-electron chi connectivity index (χ3n) is 9.53. The van der Waals surface area contributed by atoms with Crippen LogP contribution in [-0.4, -0.2) is 114 Å². The van der Waals surface area contributed by atoms with Gasteiger partial charge in [0.05, 0.1) is 26.3 Å². The van der Waals surface area contributed by atoms with Gasteiger partial charge in [0.1, 0.15) is 35.7 Å². The van der Waals surface area contributed by atoms with Gasteiger partial charge < -0.3 is 34.6 Å². The van der Waals surface area contributed by atoms with Crippen molar-refractivity contribution in [2.24, 2.45) is 0 Å². The predicted molar refractivity (Wildman–Crippen MR) is 267 cm³/mol. The molecule has 2 N–H and O–H groups in total. The lowest BCUT2D eigenvalue weighted by Gasteiger charge is -2.25. The molecule has 0 fully saturated rings. The van der Waals surface area contributed by atoms with E-state index in [0.29, 0.717) is 43.9 Å². The van der Waals surface area contributed by atoms with Gasteiger partial charge in [-0.25, -0.2) is 19.6 Å². The molecule has 0 aliphatic carbocycles. The van der Waals surface area contributed by atoms with Crippen LogP contribution in [0.3, 0.4) is 0 Å². The number of hydrogen-bond donors (Lipinski definition) is 2. The molecule has 0 saturated carbocycles. The van der Waals surface area contributed by atoms with Gasteiger partial charge in [0.25, 0.3) is 11.4 Å². The summed E-state index contributed by atoms with van der Waals surface area (Å²) in [5.41, 5.74) is -1.33. The van der Waals surface area contributed by atoms with Crippen molar-refractivity contribution >= 4 is 64.2 Å². The van der Waals surface area contributed by atoms with Crippen LogP contribution in [0.5, 0.6) is 0 Å². The molecule has 0 spiro atoms. The van der Waals surface area contributed by atoms with E-state index in [1.54, 1.807) is 48.5 Å². The van der Waals surface area contributed by atoms with E-state index >= 15 is 0 Å². The molecular formula is C46H64N12O14. The first-order valence-corrected chi connectivity index (χ1v) is 22.8. The van der Waals surface area contributed by atoms with Gasteiger partial charge in [-0.1, -0.05) is 24.3 Å². The lowest BCUT2D eigenvalue weighted by Crippen LogP contribution is -2.38. The van der Waals surface area contributed by atoms with Crippen LogP contribution in [0.1, 0.15) is 94.2 Å². The quantitative estimate of drug-likeness (QED) is 0.0351. The van der Waals surface area contributed by atoms with Crippen LogP contribution in [0.25, 0.3) is 0 Å². The molecule has 2 aromatic heterocycles. The maximum atomic E-state index is 12.9. The molecule has 26 heteroatoms. The average Bonchev–Trinajstić information content (AvgIpc) is 3.29. The van der Waals surface area contributed by atoms with E-state index in [4.69, 9.17) is 9.47 Å². The molecule has 4 aromatic rings. The number of carbonyl (C=O) groups excluding carboxylic acids is 3. The van der Waals surface area contributed by atoms with Crippen molar-refractivity contribution in [3.63, 3.8) is 0 Å². The van der Waals surface area contributed by atoms with Crippen molar-refractivity contribution in [1.29, 1.82) is 0 Å². The Labute approximate surface area is 416 Å². The number of non-ortho nitro benzene ring substituents is 2. The average molecular weight is 1010 g/mol. The topological polar surface area (TPSA) is 334 Å². The highest BCUT2D eigenvalue weighted by Crippen LogP contribution is 2.28. The Hall–Kier alpha value is -8.19. The number of aromatic nitrogens is 4. The van der Waals surface area contributed by atoms with Crippen molar-refractivity contribution in [2.75, 3.05) is 53.2 Å². The minimum atomic E-state index is -1.04. The first-order valence-electron chi connectivity index (χ1n) is 22.8. The van der Waals surface area contributed by atoms with E-state index in [0.717, 1.165) is 12.4 Å². The zero-order valence-corrected chi connectivity index (χ0v) is 42.6. The Morgan fingerprint density at radius 3 is 1.11 bits per heavy atom. The van der Waals surface area contributed by atoms with Crippen molar-refractivity contribution in [3.8, 4) is 0 Å². The molecular weight excluding hydrogens is 945 g/mol. The molecule has 0 aliphatic heterocycles.